The Morgan fingerprint density at radius 1 is 1.00 bits per heavy atom. The van der Waals surface area contributed by atoms with Crippen LogP contribution in [0.1, 0.15) is 24.0 Å². The van der Waals surface area contributed by atoms with Crippen molar-refractivity contribution in [3.05, 3.63) is 71.9 Å². The maximum absolute atomic E-state index is 13.1. The normalized spacial score (nSPS) is 15.4. The minimum absolute atomic E-state index is 0.0317. The quantitative estimate of drug-likeness (QED) is 0.282. The van der Waals surface area contributed by atoms with Gasteiger partial charge >= 0.3 is 11.9 Å². The predicted molar refractivity (Wildman–Crippen MR) is 146 cm³/mol. The van der Waals surface area contributed by atoms with E-state index in [0.717, 1.165) is 35.1 Å². The fourth-order valence-corrected chi connectivity index (χ4v) is 4.42. The van der Waals surface area contributed by atoms with E-state index in [-0.39, 0.29) is 32.5 Å². The van der Waals surface area contributed by atoms with Crippen molar-refractivity contribution >= 4 is 28.7 Å². The van der Waals surface area contributed by atoms with Gasteiger partial charge in [-0.05, 0) is 23.6 Å². The Hall–Kier alpha value is -3.73. The summed E-state index contributed by atoms with van der Waals surface area (Å²) in [5, 5.41) is 3.75. The standard InChI is InChI=1S/C29H36N4O6/c30-24(28(35)38-17-14-33-12-15-37-16-13-33)10-11-27(34)32-26(29(36)39-20-21-6-2-1-3-7-21)18-22-19-31-25-9-5-4-8-23(22)25/h1-9,19,24,26,31H,10-18,20,30H2,(H,32,34)/t24-,26-/m1/s1. The zero-order valence-electron chi connectivity index (χ0n) is 22.0. The van der Waals surface area contributed by atoms with Crippen molar-refractivity contribution in [1.82, 2.24) is 15.2 Å². The highest BCUT2D eigenvalue weighted by molar-refractivity contribution is 5.87. The Morgan fingerprint density at radius 3 is 2.54 bits per heavy atom. The van der Waals surface area contributed by atoms with E-state index in [1.807, 2.05) is 60.8 Å². The number of fused-ring (bicyclic) bond motifs is 1. The smallest absolute Gasteiger partial charge is 0.329 e. The van der Waals surface area contributed by atoms with E-state index < -0.39 is 29.9 Å². The number of nitrogens with zero attached hydrogens (tertiary/aromatic N) is 1. The molecule has 4 N–H and O–H groups in total. The van der Waals surface area contributed by atoms with Crippen molar-refractivity contribution < 1.29 is 28.6 Å². The molecule has 1 aromatic heterocycles. The molecule has 2 atom stereocenters. The number of nitrogens with two attached hydrogens (primary N) is 1. The zero-order chi connectivity index (χ0) is 27.5. The number of nitrogens with one attached hydrogen (secondary N) is 2. The minimum Gasteiger partial charge on any atom is -0.463 e. The molecule has 3 aromatic rings. The summed E-state index contributed by atoms with van der Waals surface area (Å²) < 4.78 is 16.1. The number of para-hydroxylation sites is 1. The summed E-state index contributed by atoms with van der Waals surface area (Å²) in [7, 11) is 0. The van der Waals surface area contributed by atoms with Crippen LogP contribution in [-0.2, 0) is 41.6 Å². The number of amides is 1. The first-order valence-electron chi connectivity index (χ1n) is 13.3. The van der Waals surface area contributed by atoms with E-state index in [1.165, 1.54) is 0 Å². The lowest BCUT2D eigenvalue weighted by Crippen LogP contribution is -2.44. The number of ether oxygens (including phenoxy) is 3. The molecular weight excluding hydrogens is 500 g/mol. The van der Waals surface area contributed by atoms with Crippen LogP contribution in [0.4, 0.5) is 0 Å². The van der Waals surface area contributed by atoms with Crippen LogP contribution in [0.25, 0.3) is 10.9 Å². The summed E-state index contributed by atoms with van der Waals surface area (Å²) in [4.78, 5) is 43.5. The first-order chi connectivity index (χ1) is 19.0. The van der Waals surface area contributed by atoms with E-state index in [2.05, 4.69) is 15.2 Å². The minimum atomic E-state index is -0.933. The highest BCUT2D eigenvalue weighted by Gasteiger charge is 2.25. The van der Waals surface area contributed by atoms with Crippen LogP contribution in [0.15, 0.2) is 60.8 Å². The third kappa shape index (κ3) is 8.64. The van der Waals surface area contributed by atoms with Gasteiger partial charge in [0.2, 0.25) is 5.91 Å². The van der Waals surface area contributed by atoms with E-state index in [1.54, 1.807) is 0 Å². The van der Waals surface area contributed by atoms with Gasteiger partial charge in [0.05, 0.1) is 13.2 Å². The molecule has 1 amide bonds. The van der Waals surface area contributed by atoms with Crippen LogP contribution < -0.4 is 11.1 Å². The molecule has 0 saturated carbocycles. The lowest BCUT2D eigenvalue weighted by molar-refractivity contribution is -0.149. The number of benzene rings is 2. The molecule has 4 rings (SSSR count). The van der Waals surface area contributed by atoms with Gasteiger partial charge in [0.15, 0.2) is 0 Å². The number of aromatic nitrogens is 1. The maximum atomic E-state index is 13.1. The number of hydrogen-bond acceptors (Lipinski definition) is 8. The number of carbonyl (C=O) groups is 3. The molecule has 0 radical (unpaired) electrons. The molecule has 1 aliphatic heterocycles. The molecule has 0 spiro atoms. The second kappa shape index (κ2) is 14.4. The Morgan fingerprint density at radius 2 is 1.74 bits per heavy atom. The summed E-state index contributed by atoms with van der Waals surface area (Å²) in [5.74, 6) is -1.48. The second-order valence-corrected chi connectivity index (χ2v) is 9.54. The first kappa shape index (κ1) is 28.3. The van der Waals surface area contributed by atoms with Crippen molar-refractivity contribution in [2.24, 2.45) is 5.73 Å². The van der Waals surface area contributed by atoms with Crippen molar-refractivity contribution in [3.63, 3.8) is 0 Å². The van der Waals surface area contributed by atoms with Crippen molar-refractivity contribution in [3.8, 4) is 0 Å². The molecule has 208 valence electrons. The van der Waals surface area contributed by atoms with Gasteiger partial charge in [-0.2, -0.15) is 0 Å². The highest BCUT2D eigenvalue weighted by Crippen LogP contribution is 2.20. The fourth-order valence-electron chi connectivity index (χ4n) is 4.42. The van der Waals surface area contributed by atoms with Gasteiger partial charge in [-0.25, -0.2) is 4.79 Å². The molecule has 2 aromatic carbocycles. The third-order valence-corrected chi connectivity index (χ3v) is 6.68. The molecule has 0 aliphatic carbocycles. The van der Waals surface area contributed by atoms with Crippen molar-refractivity contribution in [2.75, 3.05) is 39.5 Å². The van der Waals surface area contributed by atoms with E-state index in [9.17, 15) is 14.4 Å². The van der Waals surface area contributed by atoms with Gasteiger partial charge in [0.1, 0.15) is 25.3 Å². The molecule has 0 unspecified atom stereocenters. The molecule has 1 saturated heterocycles. The number of morpholine rings is 1. The van der Waals surface area contributed by atoms with Gasteiger partial charge in [-0.15, -0.1) is 0 Å². The molecule has 0 bridgehead atoms. The van der Waals surface area contributed by atoms with Gasteiger partial charge in [-0.3, -0.25) is 14.5 Å². The summed E-state index contributed by atoms with van der Waals surface area (Å²) in [6.45, 7) is 3.89. The van der Waals surface area contributed by atoms with E-state index >= 15 is 0 Å². The highest BCUT2D eigenvalue weighted by atomic mass is 16.5. The summed E-state index contributed by atoms with van der Waals surface area (Å²) >= 11 is 0. The maximum Gasteiger partial charge on any atom is 0.329 e. The molecule has 10 nitrogen and oxygen atoms in total. The van der Waals surface area contributed by atoms with Crippen molar-refractivity contribution in [2.45, 2.75) is 38.0 Å². The Labute approximate surface area is 227 Å². The number of hydrogen-bond donors (Lipinski definition) is 3. The Bertz CT molecular complexity index is 1220. The number of H-pyrrole nitrogens is 1. The van der Waals surface area contributed by atoms with Crippen LogP contribution in [0.3, 0.4) is 0 Å². The Balaban J connectivity index is 1.29. The predicted octanol–water partition coefficient (Wildman–Crippen LogP) is 1.92. The molecule has 1 fully saturated rings. The second-order valence-electron chi connectivity index (χ2n) is 9.54. The van der Waals surface area contributed by atoms with E-state index in [4.69, 9.17) is 19.9 Å². The first-order valence-corrected chi connectivity index (χ1v) is 13.3. The van der Waals surface area contributed by atoms with Gasteiger partial charge in [0.25, 0.3) is 0 Å². The van der Waals surface area contributed by atoms with Crippen LogP contribution in [0, 0.1) is 0 Å². The van der Waals surface area contributed by atoms with Gasteiger partial charge in [0, 0.05) is 49.6 Å². The molecule has 1 aliphatic rings. The van der Waals surface area contributed by atoms with Crippen LogP contribution in [0.2, 0.25) is 0 Å². The number of esters is 2. The summed E-state index contributed by atoms with van der Waals surface area (Å²) in [6, 6.07) is 15.3. The number of aromatic amines is 1. The summed E-state index contributed by atoms with van der Waals surface area (Å²) in [5.41, 5.74) is 8.64. The number of rotatable bonds is 13. The average molecular weight is 537 g/mol. The lowest BCUT2D eigenvalue weighted by Gasteiger charge is -2.26. The zero-order valence-corrected chi connectivity index (χ0v) is 22.0. The van der Waals surface area contributed by atoms with Gasteiger partial charge in [-0.1, -0.05) is 48.5 Å². The molecule has 39 heavy (non-hydrogen) atoms. The van der Waals surface area contributed by atoms with Crippen molar-refractivity contribution in [1.29, 1.82) is 0 Å². The largest absolute Gasteiger partial charge is 0.463 e. The molecular formula is C29H36N4O6. The van der Waals surface area contributed by atoms with Gasteiger partial charge < -0.3 is 30.2 Å². The SMILES string of the molecule is N[C@H](CCC(=O)N[C@H](Cc1c[nH]c2ccccc12)C(=O)OCc1ccccc1)C(=O)OCCN1CCOCC1. The summed E-state index contributed by atoms with van der Waals surface area (Å²) in [6.07, 6.45) is 2.15. The Kier molecular flexibility index (Phi) is 10.5. The van der Waals surface area contributed by atoms with Crippen LogP contribution >= 0.6 is 0 Å². The molecule has 2 heterocycles. The lowest BCUT2D eigenvalue weighted by atomic mass is 10.0. The number of carbonyl (C=O) groups excluding carboxylic acids is 3. The third-order valence-electron chi connectivity index (χ3n) is 6.68. The monoisotopic (exact) mass is 536 g/mol. The van der Waals surface area contributed by atoms with Crippen LogP contribution in [0.5, 0.6) is 0 Å². The topological polar surface area (TPSA) is 136 Å². The molecule has 10 heteroatoms. The van der Waals surface area contributed by atoms with E-state index in [0.29, 0.717) is 19.8 Å². The fraction of sp³-hybridized carbons (Fsp3) is 0.414. The van der Waals surface area contributed by atoms with Crippen LogP contribution in [-0.4, -0.2) is 79.3 Å². The average Bonchev–Trinajstić information content (AvgIpc) is 3.38.